The molecular weight excluding hydrogens is 310 g/mol. The summed E-state index contributed by atoms with van der Waals surface area (Å²) in [5.74, 6) is 0.297. The molecule has 1 saturated carbocycles. The highest BCUT2D eigenvalue weighted by Crippen LogP contribution is 2.24. The third-order valence-corrected chi connectivity index (χ3v) is 5.40. The van der Waals surface area contributed by atoms with Crippen molar-refractivity contribution in [2.75, 3.05) is 6.54 Å². The first-order valence-electron chi connectivity index (χ1n) is 7.27. The van der Waals surface area contributed by atoms with Gasteiger partial charge in [-0.15, -0.1) is 0 Å². The normalized spacial score (nSPS) is 16.1. The molecule has 0 atom stereocenters. The zero-order valence-electron chi connectivity index (χ0n) is 12.1. The molecule has 1 amide bonds. The second-order valence-electron chi connectivity index (χ2n) is 5.47. The fourth-order valence-electron chi connectivity index (χ4n) is 2.77. The van der Waals surface area contributed by atoms with Gasteiger partial charge in [0, 0.05) is 22.8 Å². The Hall–Kier alpha value is -1.07. The fraction of sp³-hybridized carbons (Fsp3) is 0.533. The van der Waals surface area contributed by atoms with Gasteiger partial charge in [-0.05, 0) is 42.9 Å². The molecule has 21 heavy (non-hydrogen) atoms. The molecule has 116 valence electrons. The number of amides is 1. The Labute approximate surface area is 130 Å². The lowest BCUT2D eigenvalue weighted by Crippen LogP contribution is -2.28. The lowest BCUT2D eigenvalue weighted by Gasteiger charge is -2.12. The summed E-state index contributed by atoms with van der Waals surface area (Å²) in [6.45, 7) is 2.50. The van der Waals surface area contributed by atoms with Gasteiger partial charge in [-0.3, -0.25) is 4.79 Å². The van der Waals surface area contributed by atoms with Crippen LogP contribution in [0.25, 0.3) is 0 Å². The molecule has 0 saturated heterocycles. The Kier molecular flexibility index (Phi) is 5.27. The molecule has 0 aliphatic heterocycles. The number of rotatable bonds is 5. The molecule has 0 spiro atoms. The average molecular weight is 330 g/mol. The Morgan fingerprint density at radius 3 is 2.57 bits per heavy atom. The summed E-state index contributed by atoms with van der Waals surface area (Å²) >= 11 is 0. The van der Waals surface area contributed by atoms with Crippen LogP contribution >= 0.6 is 10.7 Å². The van der Waals surface area contributed by atoms with Crippen molar-refractivity contribution in [2.45, 2.75) is 43.9 Å². The zero-order chi connectivity index (χ0) is 15.5. The molecule has 1 fully saturated rings. The lowest BCUT2D eigenvalue weighted by molar-refractivity contribution is 0.0947. The van der Waals surface area contributed by atoms with Crippen LogP contribution in [0.2, 0.25) is 0 Å². The van der Waals surface area contributed by atoms with E-state index in [0.29, 0.717) is 30.0 Å². The van der Waals surface area contributed by atoms with Gasteiger partial charge in [-0.25, -0.2) is 8.42 Å². The predicted octanol–water partition coefficient (Wildman–Crippen LogP) is 3.10. The zero-order valence-corrected chi connectivity index (χ0v) is 13.6. The van der Waals surface area contributed by atoms with Gasteiger partial charge in [0.05, 0.1) is 4.90 Å². The molecule has 1 aromatic rings. The van der Waals surface area contributed by atoms with Gasteiger partial charge < -0.3 is 5.32 Å². The molecule has 4 nitrogen and oxygen atoms in total. The van der Waals surface area contributed by atoms with E-state index >= 15 is 0 Å². The first-order chi connectivity index (χ1) is 9.91. The third-order valence-electron chi connectivity index (χ3n) is 4.00. The van der Waals surface area contributed by atoms with Gasteiger partial charge in [0.1, 0.15) is 0 Å². The summed E-state index contributed by atoms with van der Waals surface area (Å²) in [5.41, 5.74) is 0.960. The summed E-state index contributed by atoms with van der Waals surface area (Å²) in [5, 5.41) is 2.88. The van der Waals surface area contributed by atoms with Crippen molar-refractivity contribution in [3.05, 3.63) is 29.3 Å². The summed E-state index contributed by atoms with van der Waals surface area (Å²) < 4.78 is 23.2. The van der Waals surface area contributed by atoms with Crippen molar-refractivity contribution < 1.29 is 13.2 Å². The minimum Gasteiger partial charge on any atom is -0.352 e. The summed E-state index contributed by atoms with van der Waals surface area (Å²) in [6.07, 6.45) is 5.29. The van der Waals surface area contributed by atoms with E-state index in [1.165, 1.54) is 18.9 Å². The van der Waals surface area contributed by atoms with Crippen LogP contribution in [0.5, 0.6) is 0 Å². The number of carbonyl (C=O) groups excluding carboxylic acids is 1. The van der Waals surface area contributed by atoms with Crippen LogP contribution in [0, 0.1) is 5.92 Å². The van der Waals surface area contributed by atoms with E-state index in [9.17, 15) is 13.2 Å². The Morgan fingerprint density at radius 1 is 1.33 bits per heavy atom. The van der Waals surface area contributed by atoms with E-state index in [1.807, 2.05) is 6.92 Å². The van der Waals surface area contributed by atoms with Gasteiger partial charge in [-0.2, -0.15) is 0 Å². The van der Waals surface area contributed by atoms with Crippen molar-refractivity contribution in [1.29, 1.82) is 0 Å². The third kappa shape index (κ3) is 4.20. The highest BCUT2D eigenvalue weighted by atomic mass is 35.7. The maximum atomic E-state index is 12.1. The first kappa shape index (κ1) is 16.3. The lowest BCUT2D eigenvalue weighted by atomic mass is 10.1. The number of hydrogen-bond donors (Lipinski definition) is 1. The van der Waals surface area contributed by atoms with E-state index in [-0.39, 0.29) is 10.8 Å². The van der Waals surface area contributed by atoms with Crippen LogP contribution in [0.15, 0.2) is 23.1 Å². The number of halogens is 1. The molecule has 0 bridgehead atoms. The smallest absolute Gasteiger partial charge is 0.261 e. The van der Waals surface area contributed by atoms with Crippen molar-refractivity contribution in [2.24, 2.45) is 5.92 Å². The minimum absolute atomic E-state index is 0.0279. The van der Waals surface area contributed by atoms with E-state index in [0.717, 1.165) is 12.8 Å². The number of carbonyl (C=O) groups is 1. The van der Waals surface area contributed by atoms with Gasteiger partial charge in [0.2, 0.25) is 0 Å². The number of nitrogens with one attached hydrogen (secondary N) is 1. The van der Waals surface area contributed by atoms with Crippen LogP contribution < -0.4 is 5.32 Å². The average Bonchev–Trinajstić information content (AvgIpc) is 2.96. The Morgan fingerprint density at radius 2 is 2.00 bits per heavy atom. The Bertz CT molecular complexity index is 622. The van der Waals surface area contributed by atoms with Crippen LogP contribution in [0.1, 0.15) is 48.5 Å². The van der Waals surface area contributed by atoms with Crippen LogP contribution in [-0.2, 0) is 15.5 Å². The molecule has 0 radical (unpaired) electrons. The molecular formula is C15H20ClNO3S. The molecule has 2 rings (SSSR count). The summed E-state index contributed by atoms with van der Waals surface area (Å²) in [4.78, 5) is 12.2. The predicted molar refractivity (Wildman–Crippen MR) is 83.2 cm³/mol. The molecule has 1 aliphatic rings. The molecule has 0 heterocycles. The van der Waals surface area contributed by atoms with E-state index in [2.05, 4.69) is 5.32 Å². The second kappa shape index (κ2) is 6.79. The molecule has 1 aromatic carbocycles. The first-order valence-corrected chi connectivity index (χ1v) is 9.58. The molecule has 0 unspecified atom stereocenters. The van der Waals surface area contributed by atoms with Gasteiger partial charge in [-0.1, -0.05) is 25.8 Å². The summed E-state index contributed by atoms with van der Waals surface area (Å²) in [7, 11) is 1.60. The standard InChI is InChI=1S/C15H20ClNO3S/c1-2-12-7-8-13(9-14(12)21(16,19)20)15(18)17-10-11-5-3-4-6-11/h7-9,11H,2-6,10H2,1H3,(H,17,18). The number of hydrogen-bond acceptors (Lipinski definition) is 3. The number of aryl methyl sites for hydroxylation is 1. The largest absolute Gasteiger partial charge is 0.352 e. The topological polar surface area (TPSA) is 63.2 Å². The fourth-order valence-corrected chi connectivity index (χ4v) is 3.99. The monoisotopic (exact) mass is 329 g/mol. The minimum atomic E-state index is -3.84. The van der Waals surface area contributed by atoms with Crippen molar-refractivity contribution in [3.63, 3.8) is 0 Å². The molecule has 0 aromatic heterocycles. The number of benzene rings is 1. The second-order valence-corrected chi connectivity index (χ2v) is 8.01. The quantitative estimate of drug-likeness (QED) is 0.844. The van der Waals surface area contributed by atoms with E-state index in [1.54, 1.807) is 12.1 Å². The van der Waals surface area contributed by atoms with Crippen LogP contribution in [0.3, 0.4) is 0 Å². The van der Waals surface area contributed by atoms with E-state index in [4.69, 9.17) is 10.7 Å². The highest BCUT2D eigenvalue weighted by molar-refractivity contribution is 8.13. The SMILES string of the molecule is CCc1ccc(C(=O)NCC2CCCC2)cc1S(=O)(=O)Cl. The van der Waals surface area contributed by atoms with Gasteiger partial charge in [0.25, 0.3) is 15.0 Å². The van der Waals surface area contributed by atoms with Gasteiger partial charge in [0.15, 0.2) is 0 Å². The highest BCUT2D eigenvalue weighted by Gasteiger charge is 2.19. The van der Waals surface area contributed by atoms with Crippen LogP contribution in [0.4, 0.5) is 0 Å². The van der Waals surface area contributed by atoms with Crippen molar-refractivity contribution in [1.82, 2.24) is 5.32 Å². The van der Waals surface area contributed by atoms with Crippen molar-refractivity contribution >= 4 is 25.6 Å². The molecule has 6 heteroatoms. The maximum absolute atomic E-state index is 12.1. The molecule has 1 aliphatic carbocycles. The summed E-state index contributed by atoms with van der Waals surface area (Å²) in [6, 6.07) is 4.67. The maximum Gasteiger partial charge on any atom is 0.261 e. The van der Waals surface area contributed by atoms with Crippen LogP contribution in [-0.4, -0.2) is 20.9 Å². The van der Waals surface area contributed by atoms with E-state index < -0.39 is 9.05 Å². The van der Waals surface area contributed by atoms with Crippen molar-refractivity contribution in [3.8, 4) is 0 Å². The van der Waals surface area contributed by atoms with Gasteiger partial charge >= 0.3 is 0 Å². The molecule has 1 N–H and O–H groups in total. The Balaban J connectivity index is 2.13.